The third kappa shape index (κ3) is 1.55. The summed E-state index contributed by atoms with van der Waals surface area (Å²) >= 11 is 5.75. The van der Waals surface area contributed by atoms with Gasteiger partial charge in [0, 0.05) is 6.20 Å². The molecule has 0 unspecified atom stereocenters. The molecule has 2 aromatic rings. The minimum Gasteiger partial charge on any atom is -0.475 e. The minimum absolute atomic E-state index is 0.0214. The van der Waals surface area contributed by atoms with E-state index in [0.717, 1.165) is 5.56 Å². The number of rotatable bonds is 2. The van der Waals surface area contributed by atoms with Gasteiger partial charge in [0.05, 0.1) is 11.1 Å². The number of carbonyl (C=O) groups is 2. The zero-order valence-electron chi connectivity index (χ0n) is 8.24. The number of Topliss-reactive ketones (excluding diaryl/α,β-unsaturated/α-hetero) is 1. The molecule has 0 aliphatic rings. The summed E-state index contributed by atoms with van der Waals surface area (Å²) < 4.78 is 0. The first-order valence-corrected chi connectivity index (χ1v) is 4.80. The van der Waals surface area contributed by atoms with Gasteiger partial charge in [-0.15, -0.1) is 0 Å². The Labute approximate surface area is 95.1 Å². The summed E-state index contributed by atoms with van der Waals surface area (Å²) in [7, 11) is 0. The van der Waals surface area contributed by atoms with Crippen LogP contribution in [0.5, 0.6) is 0 Å². The van der Waals surface area contributed by atoms with Gasteiger partial charge in [-0.3, -0.25) is 4.79 Å². The van der Waals surface area contributed by atoms with Gasteiger partial charge in [-0.25, -0.2) is 9.78 Å². The molecule has 0 aliphatic heterocycles. The molecule has 0 saturated heterocycles. The van der Waals surface area contributed by atoms with Gasteiger partial charge in [0.1, 0.15) is 10.7 Å². The van der Waals surface area contributed by atoms with Crippen molar-refractivity contribution in [2.24, 2.45) is 0 Å². The zero-order chi connectivity index (χ0) is 11.9. The Kier molecular flexibility index (Phi) is 2.40. The smallest absolute Gasteiger partial charge is 0.377 e. The van der Waals surface area contributed by atoms with Gasteiger partial charge >= 0.3 is 5.97 Å². The summed E-state index contributed by atoms with van der Waals surface area (Å²) in [6, 6.07) is 1.63. The lowest BCUT2D eigenvalue weighted by Gasteiger charge is -1.98. The Morgan fingerprint density at radius 2 is 2.19 bits per heavy atom. The molecular weight excluding hydrogens is 232 g/mol. The van der Waals surface area contributed by atoms with Crippen LogP contribution in [0.2, 0.25) is 5.15 Å². The Morgan fingerprint density at radius 3 is 2.81 bits per heavy atom. The fourth-order valence-electron chi connectivity index (χ4n) is 1.51. The highest BCUT2D eigenvalue weighted by Crippen LogP contribution is 2.22. The van der Waals surface area contributed by atoms with Gasteiger partial charge < -0.3 is 10.1 Å². The molecule has 2 N–H and O–H groups in total. The van der Waals surface area contributed by atoms with E-state index in [2.05, 4.69) is 9.97 Å². The van der Waals surface area contributed by atoms with Gasteiger partial charge in [0.15, 0.2) is 0 Å². The van der Waals surface area contributed by atoms with E-state index < -0.39 is 11.8 Å². The van der Waals surface area contributed by atoms with Crippen LogP contribution in [0.15, 0.2) is 12.3 Å². The zero-order valence-corrected chi connectivity index (χ0v) is 9.00. The number of carboxylic acid groups (broad SMARTS) is 1. The molecule has 2 heterocycles. The first kappa shape index (κ1) is 10.6. The Hall–Kier alpha value is -1.88. The number of halogens is 1. The molecule has 0 saturated carbocycles. The maximum absolute atomic E-state index is 11.3. The fourth-order valence-corrected chi connectivity index (χ4v) is 1.76. The van der Waals surface area contributed by atoms with E-state index in [1.807, 2.05) is 0 Å². The van der Waals surface area contributed by atoms with Gasteiger partial charge in [-0.2, -0.15) is 0 Å². The van der Waals surface area contributed by atoms with E-state index in [0.29, 0.717) is 5.52 Å². The van der Waals surface area contributed by atoms with Crippen LogP contribution >= 0.6 is 11.6 Å². The Bertz CT molecular complexity index is 603. The van der Waals surface area contributed by atoms with Gasteiger partial charge in [0.25, 0.3) is 5.78 Å². The van der Waals surface area contributed by atoms with Crippen molar-refractivity contribution in [3.63, 3.8) is 0 Å². The molecule has 0 aliphatic carbocycles. The number of pyridine rings is 1. The third-order valence-electron chi connectivity index (χ3n) is 2.24. The van der Waals surface area contributed by atoms with E-state index in [4.69, 9.17) is 16.7 Å². The van der Waals surface area contributed by atoms with Crippen molar-refractivity contribution in [2.45, 2.75) is 6.92 Å². The monoisotopic (exact) mass is 238 g/mol. The van der Waals surface area contributed by atoms with Crippen molar-refractivity contribution in [1.82, 2.24) is 9.97 Å². The highest BCUT2D eigenvalue weighted by molar-refractivity contribution is 6.42. The Balaban J connectivity index is 2.74. The number of aliphatic carboxylic acids is 1. The lowest BCUT2D eigenvalue weighted by molar-refractivity contribution is -0.131. The van der Waals surface area contributed by atoms with Crippen molar-refractivity contribution in [3.05, 3.63) is 28.5 Å². The van der Waals surface area contributed by atoms with Crippen LogP contribution in [0, 0.1) is 6.92 Å². The number of nitrogens with one attached hydrogen (secondary N) is 1. The maximum Gasteiger partial charge on any atom is 0.377 e. The van der Waals surface area contributed by atoms with E-state index in [-0.39, 0.29) is 16.2 Å². The number of aryl methyl sites for hydroxylation is 1. The number of nitrogens with zero attached hydrogens (tertiary/aromatic N) is 1. The van der Waals surface area contributed by atoms with Crippen molar-refractivity contribution < 1.29 is 14.7 Å². The van der Waals surface area contributed by atoms with Gasteiger partial charge in [-0.05, 0) is 18.6 Å². The van der Waals surface area contributed by atoms with Crippen LogP contribution in [0.4, 0.5) is 0 Å². The molecule has 2 rings (SSSR count). The normalized spacial score (nSPS) is 10.6. The molecular formula is C10H7ClN2O3. The standard InChI is InChI=1S/C10H7ClN2O3/c1-4-2-6(11)13-8-5(3-12-7(4)8)9(14)10(15)16/h2-3,12H,1H3,(H,15,16). The average Bonchev–Trinajstić information content (AvgIpc) is 2.60. The number of carboxylic acids is 1. The molecule has 2 aromatic heterocycles. The number of carbonyl (C=O) groups excluding carboxylic acids is 1. The van der Waals surface area contributed by atoms with Crippen LogP contribution < -0.4 is 0 Å². The summed E-state index contributed by atoms with van der Waals surface area (Å²) in [6.45, 7) is 1.79. The largest absolute Gasteiger partial charge is 0.475 e. The van der Waals surface area contributed by atoms with Gasteiger partial charge in [-0.1, -0.05) is 11.6 Å². The molecule has 0 radical (unpaired) electrons. The minimum atomic E-state index is -1.51. The molecule has 16 heavy (non-hydrogen) atoms. The van der Waals surface area contributed by atoms with Crippen LogP contribution in [0.25, 0.3) is 11.0 Å². The summed E-state index contributed by atoms with van der Waals surface area (Å²) in [6.07, 6.45) is 1.33. The molecule has 0 fully saturated rings. The van der Waals surface area contributed by atoms with E-state index in [9.17, 15) is 9.59 Å². The number of aromatic amines is 1. The van der Waals surface area contributed by atoms with E-state index in [1.165, 1.54) is 6.20 Å². The number of fused-ring (bicyclic) bond motifs is 1. The Morgan fingerprint density at radius 1 is 1.50 bits per heavy atom. The molecule has 0 bridgehead atoms. The van der Waals surface area contributed by atoms with Crippen molar-refractivity contribution in [1.29, 1.82) is 0 Å². The number of hydrogen-bond donors (Lipinski definition) is 2. The first-order chi connectivity index (χ1) is 7.50. The summed E-state index contributed by atoms with van der Waals surface area (Å²) in [5.74, 6) is -2.51. The number of H-pyrrole nitrogens is 1. The molecule has 5 nitrogen and oxygen atoms in total. The highest BCUT2D eigenvalue weighted by Gasteiger charge is 2.20. The SMILES string of the molecule is Cc1cc(Cl)nc2c(C(=O)C(=O)O)c[nH]c12. The summed E-state index contributed by atoms with van der Waals surface area (Å²) in [5, 5.41) is 8.85. The number of hydrogen-bond acceptors (Lipinski definition) is 3. The average molecular weight is 239 g/mol. The van der Waals surface area contributed by atoms with E-state index >= 15 is 0 Å². The van der Waals surface area contributed by atoms with E-state index in [1.54, 1.807) is 13.0 Å². The second kappa shape index (κ2) is 3.61. The predicted octanol–water partition coefficient (Wildman–Crippen LogP) is 1.79. The second-order valence-electron chi connectivity index (χ2n) is 3.32. The number of aromatic nitrogens is 2. The van der Waals surface area contributed by atoms with Crippen LogP contribution in [0.1, 0.15) is 15.9 Å². The van der Waals surface area contributed by atoms with Crippen molar-refractivity contribution in [3.8, 4) is 0 Å². The molecule has 82 valence electrons. The number of ketones is 1. The highest BCUT2D eigenvalue weighted by atomic mass is 35.5. The molecule has 0 amide bonds. The molecule has 0 spiro atoms. The second-order valence-corrected chi connectivity index (χ2v) is 3.71. The van der Waals surface area contributed by atoms with Crippen molar-refractivity contribution >= 4 is 34.4 Å². The van der Waals surface area contributed by atoms with Crippen molar-refractivity contribution in [2.75, 3.05) is 0 Å². The lowest BCUT2D eigenvalue weighted by Crippen LogP contribution is -2.12. The summed E-state index contributed by atoms with van der Waals surface area (Å²) in [5.41, 5.74) is 1.74. The summed E-state index contributed by atoms with van der Waals surface area (Å²) in [4.78, 5) is 28.7. The van der Waals surface area contributed by atoms with Gasteiger partial charge in [0.2, 0.25) is 0 Å². The molecule has 0 atom stereocenters. The van der Waals surface area contributed by atoms with Crippen LogP contribution in [-0.4, -0.2) is 26.8 Å². The first-order valence-electron chi connectivity index (χ1n) is 4.42. The predicted molar refractivity (Wildman–Crippen MR) is 57.8 cm³/mol. The lowest BCUT2D eigenvalue weighted by atomic mass is 10.1. The molecule has 6 heteroatoms. The van der Waals surface area contributed by atoms with Crippen LogP contribution in [0.3, 0.4) is 0 Å². The quantitative estimate of drug-likeness (QED) is 0.475. The maximum atomic E-state index is 11.3. The third-order valence-corrected chi connectivity index (χ3v) is 2.43. The topological polar surface area (TPSA) is 83.1 Å². The van der Waals surface area contributed by atoms with Crippen LogP contribution in [-0.2, 0) is 4.79 Å². The fraction of sp³-hybridized carbons (Fsp3) is 0.100. The molecule has 0 aromatic carbocycles.